The van der Waals surface area contributed by atoms with Crippen molar-refractivity contribution in [2.24, 2.45) is 5.41 Å². The van der Waals surface area contributed by atoms with Gasteiger partial charge in [-0.15, -0.1) is 0 Å². The molecule has 7 nitrogen and oxygen atoms in total. The number of esters is 1. The van der Waals surface area contributed by atoms with E-state index in [9.17, 15) is 14.4 Å². The molecule has 2 heterocycles. The normalized spacial score (nSPS) is 19.5. The second-order valence-electron chi connectivity index (χ2n) is 6.36. The Morgan fingerprint density at radius 1 is 1.38 bits per heavy atom. The number of ether oxygens (including phenoxy) is 1. The molecule has 0 aliphatic carbocycles. The van der Waals surface area contributed by atoms with Gasteiger partial charge in [0, 0.05) is 13.1 Å². The first kappa shape index (κ1) is 20.0. The van der Waals surface area contributed by atoms with Crippen LogP contribution in [0, 0.1) is 5.41 Å². The van der Waals surface area contributed by atoms with Gasteiger partial charge in [-0.05, 0) is 48.6 Å². The molecular weight excluding hydrogens is 354 g/mol. The van der Waals surface area contributed by atoms with Crippen molar-refractivity contribution in [3.63, 3.8) is 0 Å². The third-order valence-electron chi connectivity index (χ3n) is 4.81. The Hall–Kier alpha value is -2.31. The lowest BCUT2D eigenvalue weighted by molar-refractivity contribution is -0.145. The highest BCUT2D eigenvalue weighted by Crippen LogP contribution is 2.35. The van der Waals surface area contributed by atoms with E-state index in [2.05, 4.69) is 4.79 Å². The summed E-state index contributed by atoms with van der Waals surface area (Å²) >= 11 is 1.53. The second-order valence-corrected chi connectivity index (χ2v) is 7.14. The maximum atomic E-state index is 13.0. The molecule has 0 N–H and O–H groups in total. The molecule has 0 saturated carbocycles. The number of rotatable bonds is 7. The lowest BCUT2D eigenvalue weighted by atomic mass is 9.72. The van der Waals surface area contributed by atoms with Crippen LogP contribution < -0.4 is 0 Å². The van der Waals surface area contributed by atoms with Crippen molar-refractivity contribution >= 4 is 34.7 Å². The van der Waals surface area contributed by atoms with Crippen LogP contribution in [-0.4, -0.2) is 52.8 Å². The zero-order valence-electron chi connectivity index (χ0n) is 15.1. The van der Waals surface area contributed by atoms with Crippen LogP contribution in [0.15, 0.2) is 16.8 Å². The van der Waals surface area contributed by atoms with Gasteiger partial charge in [-0.25, -0.2) is 4.79 Å². The maximum Gasteiger partial charge on any atom is 0.442 e. The van der Waals surface area contributed by atoms with E-state index in [1.807, 2.05) is 23.8 Å². The fourth-order valence-corrected chi connectivity index (χ4v) is 3.96. The molecule has 1 aromatic rings. The van der Waals surface area contributed by atoms with Gasteiger partial charge in [-0.2, -0.15) is 16.1 Å². The molecule has 140 valence electrons. The molecule has 1 atom stereocenters. The summed E-state index contributed by atoms with van der Waals surface area (Å²) in [5.74, 6) is -1.55. The standard InChI is InChI=1S/C18H23N3O4S/c1-3-18(16(23)15(20-19)17(24)25-4-2)7-5-8-21(12-18)14(22)10-13-6-9-26-11-13/h6,9,11H,3-5,7-8,10,12H2,1-2H3/t18-/m0/s1. The molecule has 1 amide bonds. The summed E-state index contributed by atoms with van der Waals surface area (Å²) < 4.78 is 4.81. The highest BCUT2D eigenvalue weighted by Gasteiger charge is 2.49. The Morgan fingerprint density at radius 3 is 2.73 bits per heavy atom. The Morgan fingerprint density at radius 2 is 2.15 bits per heavy atom. The van der Waals surface area contributed by atoms with E-state index in [1.54, 1.807) is 11.8 Å². The molecule has 8 heteroatoms. The predicted molar refractivity (Wildman–Crippen MR) is 96.8 cm³/mol. The number of Topliss-reactive ketones (excluding diaryl/α,β-unsaturated/α-hetero) is 1. The number of carbonyl (C=O) groups excluding carboxylic acids is 3. The number of likely N-dealkylation sites (tertiary alicyclic amines) is 1. The number of amides is 1. The molecule has 2 rings (SSSR count). The van der Waals surface area contributed by atoms with Gasteiger partial charge in [0.15, 0.2) is 0 Å². The minimum atomic E-state index is -0.936. The summed E-state index contributed by atoms with van der Waals surface area (Å²) in [6.07, 6.45) is 1.91. The average Bonchev–Trinajstić information content (AvgIpc) is 3.15. The lowest BCUT2D eigenvalue weighted by Gasteiger charge is -2.40. The summed E-state index contributed by atoms with van der Waals surface area (Å²) in [6, 6.07) is 1.90. The van der Waals surface area contributed by atoms with Crippen LogP contribution in [0.5, 0.6) is 0 Å². The van der Waals surface area contributed by atoms with E-state index >= 15 is 0 Å². The first-order valence-corrected chi connectivity index (χ1v) is 9.64. The Bertz CT molecular complexity index is 725. The van der Waals surface area contributed by atoms with Crippen LogP contribution in [0.2, 0.25) is 0 Å². The summed E-state index contributed by atoms with van der Waals surface area (Å²) in [5, 5.41) is 3.85. The summed E-state index contributed by atoms with van der Waals surface area (Å²) in [7, 11) is 0. The van der Waals surface area contributed by atoms with E-state index in [1.165, 1.54) is 11.3 Å². The van der Waals surface area contributed by atoms with Crippen molar-refractivity contribution in [1.82, 2.24) is 4.90 Å². The molecule has 26 heavy (non-hydrogen) atoms. The average molecular weight is 377 g/mol. The summed E-state index contributed by atoms with van der Waals surface area (Å²) in [4.78, 5) is 42.1. The zero-order valence-corrected chi connectivity index (χ0v) is 15.9. The Kier molecular flexibility index (Phi) is 6.83. The van der Waals surface area contributed by atoms with Gasteiger partial charge in [-0.1, -0.05) is 6.92 Å². The monoisotopic (exact) mass is 377 g/mol. The van der Waals surface area contributed by atoms with Crippen molar-refractivity contribution in [2.45, 2.75) is 39.5 Å². The van der Waals surface area contributed by atoms with Crippen molar-refractivity contribution < 1.29 is 23.9 Å². The van der Waals surface area contributed by atoms with Gasteiger partial charge in [-0.3, -0.25) is 9.59 Å². The molecule has 1 saturated heterocycles. The molecule has 0 radical (unpaired) electrons. The molecule has 0 bridgehead atoms. The van der Waals surface area contributed by atoms with Gasteiger partial charge in [0.2, 0.25) is 5.91 Å². The minimum Gasteiger partial charge on any atom is -0.457 e. The van der Waals surface area contributed by atoms with Gasteiger partial charge in [0.1, 0.15) is 0 Å². The number of thiophene rings is 1. The molecule has 0 spiro atoms. The van der Waals surface area contributed by atoms with Crippen molar-refractivity contribution in [1.29, 1.82) is 0 Å². The van der Waals surface area contributed by atoms with Gasteiger partial charge < -0.3 is 15.2 Å². The van der Waals surface area contributed by atoms with Crippen molar-refractivity contribution in [2.75, 3.05) is 19.7 Å². The van der Waals surface area contributed by atoms with Crippen LogP contribution in [0.25, 0.3) is 5.53 Å². The molecule has 1 aromatic heterocycles. The highest BCUT2D eigenvalue weighted by molar-refractivity contribution is 7.08. The third kappa shape index (κ3) is 4.26. The molecule has 0 aromatic carbocycles. The topological polar surface area (TPSA) is 100 Å². The van der Waals surface area contributed by atoms with E-state index < -0.39 is 22.9 Å². The molecule has 1 aliphatic rings. The summed E-state index contributed by atoms with van der Waals surface area (Å²) in [6.45, 7) is 4.31. The molecule has 1 fully saturated rings. The third-order valence-corrected chi connectivity index (χ3v) is 5.54. The SMILES string of the molecule is CCOC(=O)C(=[N+]=[N-])C(=O)[C@@]1(CC)CCCN(C(=O)Cc2ccsc2)C1. The number of nitrogens with zero attached hydrogens (tertiary/aromatic N) is 3. The maximum absolute atomic E-state index is 13.0. The quantitative estimate of drug-likeness (QED) is 0.239. The summed E-state index contributed by atoms with van der Waals surface area (Å²) in [5.41, 5.74) is 8.58. The van der Waals surface area contributed by atoms with Crippen molar-refractivity contribution in [3.8, 4) is 0 Å². The molecular formula is C18H23N3O4S. The number of ketones is 1. The first-order chi connectivity index (χ1) is 12.5. The van der Waals surface area contributed by atoms with Crippen molar-refractivity contribution in [3.05, 3.63) is 27.9 Å². The predicted octanol–water partition coefficient (Wildman–Crippen LogP) is 2.11. The van der Waals surface area contributed by atoms with Gasteiger partial charge in [0.25, 0.3) is 5.78 Å². The molecule has 1 aliphatic heterocycles. The smallest absolute Gasteiger partial charge is 0.442 e. The Labute approximate surface area is 156 Å². The number of piperidine rings is 1. The van der Waals surface area contributed by atoms with E-state index in [0.29, 0.717) is 25.8 Å². The number of hydrogen-bond acceptors (Lipinski definition) is 5. The number of carbonyl (C=O) groups is 3. The van der Waals surface area contributed by atoms with Crippen LogP contribution in [0.3, 0.4) is 0 Å². The molecule has 0 unspecified atom stereocenters. The minimum absolute atomic E-state index is 0.0488. The van der Waals surface area contributed by atoms with Crippen LogP contribution in [0.1, 0.15) is 38.7 Å². The van der Waals surface area contributed by atoms with E-state index in [4.69, 9.17) is 10.3 Å². The Balaban J connectivity index is 2.18. The highest BCUT2D eigenvalue weighted by atomic mass is 32.1. The van der Waals surface area contributed by atoms with E-state index in [-0.39, 0.29) is 25.5 Å². The van der Waals surface area contributed by atoms with Crippen LogP contribution in [-0.2, 0) is 25.5 Å². The fraction of sp³-hybridized carbons (Fsp3) is 0.556. The zero-order chi connectivity index (χ0) is 19.2. The number of hydrogen-bond donors (Lipinski definition) is 0. The van der Waals surface area contributed by atoms with E-state index in [0.717, 1.165) is 5.56 Å². The van der Waals surface area contributed by atoms with Gasteiger partial charge in [0.05, 0.1) is 18.4 Å². The van der Waals surface area contributed by atoms with Crippen LogP contribution in [0.4, 0.5) is 0 Å². The second kappa shape index (κ2) is 8.87. The lowest BCUT2D eigenvalue weighted by Crippen LogP contribution is -2.53. The largest absolute Gasteiger partial charge is 0.457 e. The van der Waals surface area contributed by atoms with Crippen LogP contribution >= 0.6 is 11.3 Å². The van der Waals surface area contributed by atoms with Gasteiger partial charge >= 0.3 is 11.7 Å². The fourth-order valence-electron chi connectivity index (χ4n) is 3.29. The first-order valence-electron chi connectivity index (χ1n) is 8.70.